The number of anilines is 1. The maximum absolute atomic E-state index is 13.4. The number of benzene rings is 3. The summed E-state index contributed by atoms with van der Waals surface area (Å²) in [5.74, 6) is -0.584. The molecule has 3 aromatic carbocycles. The Morgan fingerprint density at radius 2 is 1.58 bits per heavy atom. The molecule has 9 heteroatoms. The summed E-state index contributed by atoms with van der Waals surface area (Å²) in [6.07, 6.45) is 1.57. The van der Waals surface area contributed by atoms with Gasteiger partial charge in [-0.25, -0.2) is 13.8 Å². The number of aryl methyl sites for hydroxylation is 3. The van der Waals surface area contributed by atoms with Gasteiger partial charge >= 0.3 is 0 Å². The zero-order valence-corrected chi connectivity index (χ0v) is 23.2. The molecule has 0 saturated heterocycles. The topological polar surface area (TPSA) is 83.8 Å². The van der Waals surface area contributed by atoms with Gasteiger partial charge in [-0.15, -0.1) is 0 Å². The molecule has 0 aliphatic rings. The number of nitrogens with one attached hydrogen (secondary N) is 1. The van der Waals surface area contributed by atoms with Gasteiger partial charge in [-0.1, -0.05) is 48.0 Å². The van der Waals surface area contributed by atoms with Gasteiger partial charge in [0, 0.05) is 22.0 Å². The Labute approximate surface area is 228 Å². The number of hydrogen-bond acceptors (Lipinski definition) is 4. The lowest BCUT2D eigenvalue weighted by molar-refractivity contribution is -0.119. The van der Waals surface area contributed by atoms with E-state index in [0.29, 0.717) is 10.7 Å². The molecule has 1 aromatic heterocycles. The van der Waals surface area contributed by atoms with Gasteiger partial charge in [0.15, 0.2) is 0 Å². The minimum absolute atomic E-state index is 0.0742. The number of aromatic nitrogens is 1. The number of amides is 1. The number of carbonyl (C=O) groups is 1. The minimum Gasteiger partial charge on any atom is -0.317 e. The molecule has 1 N–H and O–H groups in total. The Morgan fingerprint density at radius 3 is 2.21 bits per heavy atom. The van der Waals surface area contributed by atoms with Crippen LogP contribution in [0.4, 0.5) is 5.69 Å². The highest BCUT2D eigenvalue weighted by Gasteiger charge is 2.27. The standard InChI is InChI=1S/C29H29ClN4O3S/c1-20-9-8-10-21(2)29(20)34-22(3)17-24(23(34)4)18-31-32-28(35)19-33(26-15-13-25(30)14-16-26)38(36,37)27-11-6-5-7-12-27/h5-18H,19H2,1-4H3,(H,32,35)/b31-18-. The van der Waals surface area contributed by atoms with Crippen molar-refractivity contribution in [2.45, 2.75) is 32.6 Å². The van der Waals surface area contributed by atoms with Crippen molar-refractivity contribution in [2.75, 3.05) is 10.8 Å². The fourth-order valence-electron chi connectivity index (χ4n) is 4.40. The van der Waals surface area contributed by atoms with Crippen LogP contribution in [0.15, 0.2) is 88.9 Å². The first-order valence-electron chi connectivity index (χ1n) is 12.0. The van der Waals surface area contributed by atoms with Crippen LogP contribution in [0.1, 0.15) is 28.1 Å². The summed E-state index contributed by atoms with van der Waals surface area (Å²) in [4.78, 5) is 12.9. The van der Waals surface area contributed by atoms with E-state index in [-0.39, 0.29) is 4.90 Å². The molecule has 0 bridgehead atoms. The van der Waals surface area contributed by atoms with Crippen LogP contribution >= 0.6 is 11.6 Å². The predicted octanol–water partition coefficient (Wildman–Crippen LogP) is 5.71. The number of hydrazone groups is 1. The number of rotatable bonds is 8. The van der Waals surface area contributed by atoms with Crippen LogP contribution < -0.4 is 9.73 Å². The summed E-state index contributed by atoms with van der Waals surface area (Å²) < 4.78 is 30.0. The fourth-order valence-corrected chi connectivity index (χ4v) is 5.97. The summed E-state index contributed by atoms with van der Waals surface area (Å²) >= 11 is 5.99. The molecule has 38 heavy (non-hydrogen) atoms. The summed E-state index contributed by atoms with van der Waals surface area (Å²) in [5.41, 5.74) is 9.09. The molecule has 0 saturated carbocycles. The number of hydrogen-bond donors (Lipinski definition) is 1. The van der Waals surface area contributed by atoms with Crippen molar-refractivity contribution in [1.82, 2.24) is 9.99 Å². The van der Waals surface area contributed by atoms with E-state index in [4.69, 9.17) is 11.6 Å². The molecule has 196 valence electrons. The maximum atomic E-state index is 13.4. The second-order valence-corrected chi connectivity index (χ2v) is 11.3. The monoisotopic (exact) mass is 548 g/mol. The molecular weight excluding hydrogens is 520 g/mol. The van der Waals surface area contributed by atoms with Crippen molar-refractivity contribution in [1.29, 1.82) is 0 Å². The third-order valence-corrected chi connectivity index (χ3v) is 8.30. The Hall–Kier alpha value is -3.88. The van der Waals surface area contributed by atoms with Crippen LogP contribution in [0.25, 0.3) is 5.69 Å². The molecule has 0 atom stereocenters. The van der Waals surface area contributed by atoms with Gasteiger partial charge in [-0.2, -0.15) is 5.10 Å². The molecule has 0 aliphatic carbocycles. The fraction of sp³-hybridized carbons (Fsp3) is 0.172. The number of sulfonamides is 1. The van der Waals surface area contributed by atoms with Gasteiger partial charge in [0.05, 0.1) is 22.5 Å². The second-order valence-electron chi connectivity index (χ2n) is 9.00. The second kappa shape index (κ2) is 11.2. The van der Waals surface area contributed by atoms with E-state index in [1.807, 2.05) is 26.0 Å². The van der Waals surface area contributed by atoms with Crippen LogP contribution in [0, 0.1) is 27.7 Å². The maximum Gasteiger partial charge on any atom is 0.264 e. The molecule has 0 spiro atoms. The van der Waals surface area contributed by atoms with E-state index in [0.717, 1.165) is 38.1 Å². The highest BCUT2D eigenvalue weighted by molar-refractivity contribution is 7.92. The lowest BCUT2D eigenvalue weighted by atomic mass is 10.1. The number of nitrogens with zero attached hydrogens (tertiary/aromatic N) is 3. The van der Waals surface area contributed by atoms with Gasteiger partial charge < -0.3 is 4.57 Å². The first-order valence-corrected chi connectivity index (χ1v) is 13.8. The largest absolute Gasteiger partial charge is 0.317 e. The van der Waals surface area contributed by atoms with Crippen LogP contribution in [-0.4, -0.2) is 31.7 Å². The lowest BCUT2D eigenvalue weighted by Crippen LogP contribution is -2.39. The SMILES string of the molecule is Cc1cccc(C)c1-n1c(C)cc(/C=N\NC(=O)CN(c2ccc(Cl)cc2)S(=O)(=O)c2ccccc2)c1C. The summed E-state index contributed by atoms with van der Waals surface area (Å²) in [6.45, 7) is 7.71. The molecule has 0 fully saturated rings. The third-order valence-electron chi connectivity index (χ3n) is 6.26. The zero-order chi connectivity index (χ0) is 27.4. The Morgan fingerprint density at radius 1 is 0.947 bits per heavy atom. The molecule has 1 heterocycles. The average molecular weight is 549 g/mol. The van der Waals surface area contributed by atoms with Crippen molar-refractivity contribution in [3.05, 3.63) is 112 Å². The summed E-state index contributed by atoms with van der Waals surface area (Å²) in [7, 11) is -4.01. The molecule has 0 radical (unpaired) electrons. The van der Waals surface area contributed by atoms with Crippen molar-refractivity contribution >= 4 is 39.4 Å². The summed E-state index contributed by atoms with van der Waals surface area (Å²) in [6, 6.07) is 22.4. The van der Waals surface area contributed by atoms with Crippen molar-refractivity contribution in [3.63, 3.8) is 0 Å². The minimum atomic E-state index is -4.01. The van der Waals surface area contributed by atoms with Crippen LogP contribution in [0.5, 0.6) is 0 Å². The highest BCUT2D eigenvalue weighted by atomic mass is 35.5. The Bertz CT molecular complexity index is 1570. The molecular formula is C29H29ClN4O3S. The molecule has 7 nitrogen and oxygen atoms in total. The van der Waals surface area contributed by atoms with Gasteiger partial charge in [0.25, 0.3) is 15.9 Å². The van der Waals surface area contributed by atoms with Crippen molar-refractivity contribution in [3.8, 4) is 5.69 Å². The molecule has 0 unspecified atom stereocenters. The predicted molar refractivity (Wildman–Crippen MR) is 153 cm³/mol. The van der Waals surface area contributed by atoms with Crippen molar-refractivity contribution in [2.24, 2.45) is 5.10 Å². The summed E-state index contributed by atoms with van der Waals surface area (Å²) in [5, 5.41) is 4.59. The van der Waals surface area contributed by atoms with Gasteiger partial charge in [0.1, 0.15) is 6.54 Å². The van der Waals surface area contributed by atoms with E-state index in [2.05, 4.69) is 41.1 Å². The van der Waals surface area contributed by atoms with Gasteiger partial charge in [0.2, 0.25) is 0 Å². The third kappa shape index (κ3) is 5.66. The van der Waals surface area contributed by atoms with Crippen molar-refractivity contribution < 1.29 is 13.2 Å². The Kier molecular flexibility index (Phi) is 8.04. The van der Waals surface area contributed by atoms with Crippen LogP contribution in [0.2, 0.25) is 5.02 Å². The Balaban J connectivity index is 1.56. The molecule has 4 aromatic rings. The zero-order valence-electron chi connectivity index (χ0n) is 21.6. The van der Waals surface area contributed by atoms with E-state index in [1.54, 1.807) is 48.7 Å². The van der Waals surface area contributed by atoms with Gasteiger partial charge in [-0.05, 0) is 81.3 Å². The molecule has 0 aliphatic heterocycles. The van der Waals surface area contributed by atoms with E-state index < -0.39 is 22.5 Å². The molecule has 4 rings (SSSR count). The van der Waals surface area contributed by atoms with E-state index >= 15 is 0 Å². The van der Waals surface area contributed by atoms with Crippen LogP contribution in [-0.2, 0) is 14.8 Å². The highest BCUT2D eigenvalue weighted by Crippen LogP contribution is 2.26. The van der Waals surface area contributed by atoms with E-state index in [1.165, 1.54) is 12.1 Å². The smallest absolute Gasteiger partial charge is 0.264 e. The lowest BCUT2D eigenvalue weighted by Gasteiger charge is -2.23. The quantitative estimate of drug-likeness (QED) is 0.226. The number of para-hydroxylation sites is 1. The van der Waals surface area contributed by atoms with Gasteiger partial charge in [-0.3, -0.25) is 9.10 Å². The normalized spacial score (nSPS) is 11.6. The van der Waals surface area contributed by atoms with E-state index in [9.17, 15) is 13.2 Å². The first-order chi connectivity index (χ1) is 18.1. The first kappa shape index (κ1) is 27.2. The van der Waals surface area contributed by atoms with Crippen LogP contribution in [0.3, 0.4) is 0 Å². The number of carbonyl (C=O) groups excluding carboxylic acids is 1. The number of halogens is 1. The molecule has 1 amide bonds. The average Bonchev–Trinajstić information content (AvgIpc) is 3.16.